The summed E-state index contributed by atoms with van der Waals surface area (Å²) in [5, 5.41) is 0. The van der Waals surface area contributed by atoms with Gasteiger partial charge in [-0.1, -0.05) is 52.4 Å². The summed E-state index contributed by atoms with van der Waals surface area (Å²) in [6, 6.07) is 0. The number of hydrogen-bond acceptors (Lipinski definition) is 7. The fourth-order valence-electron chi connectivity index (χ4n) is 8.09. The van der Waals surface area contributed by atoms with Gasteiger partial charge in [0, 0.05) is 29.1 Å². The van der Waals surface area contributed by atoms with Gasteiger partial charge in [0.15, 0.2) is 5.60 Å². The van der Waals surface area contributed by atoms with E-state index in [9.17, 15) is 9.59 Å². The minimum Gasteiger partial charge on any atom is -0.501 e. The van der Waals surface area contributed by atoms with Crippen LogP contribution in [0.2, 0.25) is 19.6 Å². The normalized spacial score (nSPS) is 39.6. The minimum absolute atomic E-state index is 0.0149. The van der Waals surface area contributed by atoms with Gasteiger partial charge in [-0.2, -0.15) is 0 Å². The second-order valence-electron chi connectivity index (χ2n) is 13.0. The number of carbonyl (C=O) groups is 2. The molecule has 0 heterocycles. The SMILES string of the molecule is COC(=O)O[C@@]1(C#C[Si](C)(C)C)[C@@H](C)C[C@H]2[C@@H]3CC=C4C=C(OC)CC[C@]4(C)[C@@]3(OC(=O)OC)CC[C@@]21C. The predicted octanol–water partition coefficient (Wildman–Crippen LogP) is 6.64. The van der Waals surface area contributed by atoms with E-state index in [0.29, 0.717) is 12.8 Å². The molecule has 0 unspecified atom stereocenters. The fourth-order valence-corrected chi connectivity index (χ4v) is 8.65. The fraction of sp³-hybridized carbons (Fsp3) is 0.733. The van der Waals surface area contributed by atoms with Crippen molar-refractivity contribution in [3.05, 3.63) is 23.5 Å². The Morgan fingerprint density at radius 3 is 2.24 bits per heavy atom. The molecular formula is C30H44O7Si. The van der Waals surface area contributed by atoms with Gasteiger partial charge in [-0.05, 0) is 49.7 Å². The van der Waals surface area contributed by atoms with Crippen molar-refractivity contribution >= 4 is 20.4 Å². The first-order valence-electron chi connectivity index (χ1n) is 13.8. The highest BCUT2D eigenvalue weighted by Crippen LogP contribution is 2.71. The third-order valence-electron chi connectivity index (χ3n) is 10.1. The highest BCUT2D eigenvalue weighted by Gasteiger charge is 2.73. The minimum atomic E-state index is -1.78. The summed E-state index contributed by atoms with van der Waals surface area (Å²) < 4.78 is 28.3. The monoisotopic (exact) mass is 544 g/mol. The van der Waals surface area contributed by atoms with Crippen molar-refractivity contribution in [2.75, 3.05) is 21.3 Å². The van der Waals surface area contributed by atoms with Gasteiger partial charge in [0.2, 0.25) is 0 Å². The standard InChI is InChI=1S/C30H44O7Si/c1-20-18-24-23-11-10-21-19-22(33-4)12-13-27(21,2)30(23,37-26(32)35-6)15-14-28(24,3)29(20,36-25(31)34-5)16-17-38(7,8)9/h10,19-20,23-24H,11-15,18H2,1-9H3/t20-,23-,24-,27-,28-,29-,30+/m0/s1. The first kappa shape index (κ1) is 28.6. The summed E-state index contributed by atoms with van der Waals surface area (Å²) in [5.74, 6) is 4.61. The average molecular weight is 545 g/mol. The number of methoxy groups -OCH3 is 3. The lowest BCUT2D eigenvalue weighted by Gasteiger charge is -2.63. The Bertz CT molecular complexity index is 1110. The van der Waals surface area contributed by atoms with Crippen LogP contribution in [0, 0.1) is 40.0 Å². The molecule has 2 fully saturated rings. The maximum atomic E-state index is 12.8. The van der Waals surface area contributed by atoms with Gasteiger partial charge in [-0.3, -0.25) is 0 Å². The third-order valence-corrected chi connectivity index (χ3v) is 11.0. The van der Waals surface area contributed by atoms with Crippen LogP contribution in [0.5, 0.6) is 0 Å². The van der Waals surface area contributed by atoms with Crippen LogP contribution in [0.15, 0.2) is 23.5 Å². The molecule has 4 aliphatic carbocycles. The van der Waals surface area contributed by atoms with Crippen LogP contribution in [-0.2, 0) is 23.7 Å². The van der Waals surface area contributed by atoms with Gasteiger partial charge < -0.3 is 23.7 Å². The smallest absolute Gasteiger partial charge is 0.501 e. The summed E-state index contributed by atoms with van der Waals surface area (Å²) in [6.45, 7) is 13.2. The van der Waals surface area contributed by atoms with E-state index >= 15 is 0 Å². The molecule has 0 amide bonds. The lowest BCUT2D eigenvalue weighted by atomic mass is 9.45. The van der Waals surface area contributed by atoms with Crippen molar-refractivity contribution in [1.82, 2.24) is 0 Å². The number of carbonyl (C=O) groups excluding carboxylic acids is 2. The van der Waals surface area contributed by atoms with E-state index in [1.807, 2.05) is 0 Å². The zero-order chi connectivity index (χ0) is 28.1. The van der Waals surface area contributed by atoms with Crippen molar-refractivity contribution in [2.45, 2.75) is 90.1 Å². The number of rotatable bonds is 3. The van der Waals surface area contributed by atoms with Crippen molar-refractivity contribution < 1.29 is 33.3 Å². The molecule has 210 valence electrons. The first-order valence-corrected chi connectivity index (χ1v) is 17.3. The molecule has 4 rings (SSSR count). The topological polar surface area (TPSA) is 80.3 Å². The van der Waals surface area contributed by atoms with E-state index in [1.54, 1.807) is 7.11 Å². The van der Waals surface area contributed by atoms with Crippen molar-refractivity contribution in [3.8, 4) is 11.5 Å². The molecule has 7 atom stereocenters. The van der Waals surface area contributed by atoms with Gasteiger partial charge >= 0.3 is 12.3 Å². The second-order valence-corrected chi connectivity index (χ2v) is 17.8. The Hall–Kier alpha value is -2.40. The maximum Gasteiger partial charge on any atom is 0.509 e. The quantitative estimate of drug-likeness (QED) is 0.224. The van der Waals surface area contributed by atoms with E-state index in [4.69, 9.17) is 23.7 Å². The summed E-state index contributed by atoms with van der Waals surface area (Å²) in [4.78, 5) is 25.5. The molecule has 0 saturated heterocycles. The number of fused-ring (bicyclic) bond motifs is 5. The van der Waals surface area contributed by atoms with Gasteiger partial charge in [-0.25, -0.2) is 9.59 Å². The van der Waals surface area contributed by atoms with Crippen molar-refractivity contribution in [3.63, 3.8) is 0 Å². The maximum absolute atomic E-state index is 12.8. The zero-order valence-corrected chi connectivity index (χ0v) is 25.5. The summed E-state index contributed by atoms with van der Waals surface area (Å²) in [6.07, 6.45) is 7.53. The molecule has 0 aromatic carbocycles. The second kappa shape index (κ2) is 9.66. The third kappa shape index (κ3) is 4.16. The van der Waals surface area contributed by atoms with E-state index in [-0.39, 0.29) is 17.8 Å². The van der Waals surface area contributed by atoms with E-state index < -0.39 is 42.4 Å². The number of allylic oxidation sites excluding steroid dienone is 3. The average Bonchev–Trinajstić information content (AvgIpc) is 3.08. The summed E-state index contributed by atoms with van der Waals surface area (Å²) in [5.41, 5.74) is 2.12. The van der Waals surface area contributed by atoms with E-state index in [2.05, 4.69) is 64.0 Å². The zero-order valence-electron chi connectivity index (χ0n) is 24.5. The Morgan fingerprint density at radius 1 is 0.974 bits per heavy atom. The van der Waals surface area contributed by atoms with Crippen LogP contribution in [0.3, 0.4) is 0 Å². The molecule has 8 heteroatoms. The summed E-state index contributed by atoms with van der Waals surface area (Å²) in [7, 11) is 2.63. The van der Waals surface area contributed by atoms with Gasteiger partial charge in [-0.15, -0.1) is 5.54 Å². The Labute approximate surface area is 228 Å². The number of hydrogen-bond donors (Lipinski definition) is 0. The predicted molar refractivity (Wildman–Crippen MR) is 147 cm³/mol. The lowest BCUT2D eigenvalue weighted by molar-refractivity contribution is -0.203. The van der Waals surface area contributed by atoms with Crippen LogP contribution < -0.4 is 0 Å². The van der Waals surface area contributed by atoms with Crippen molar-refractivity contribution in [2.24, 2.45) is 28.6 Å². The molecule has 38 heavy (non-hydrogen) atoms. The molecule has 0 radical (unpaired) electrons. The molecular weight excluding hydrogens is 500 g/mol. The van der Waals surface area contributed by atoms with Crippen LogP contribution in [-0.4, -0.2) is 52.9 Å². The highest BCUT2D eigenvalue weighted by atomic mass is 28.3. The van der Waals surface area contributed by atoms with E-state index in [1.165, 1.54) is 14.2 Å². The van der Waals surface area contributed by atoms with Crippen LogP contribution in [0.1, 0.15) is 59.3 Å². The van der Waals surface area contributed by atoms with Gasteiger partial charge in [0.05, 0.1) is 27.1 Å². The molecule has 0 bridgehead atoms. The van der Waals surface area contributed by atoms with Crippen LogP contribution in [0.4, 0.5) is 9.59 Å². The molecule has 2 saturated carbocycles. The Morgan fingerprint density at radius 2 is 1.63 bits per heavy atom. The van der Waals surface area contributed by atoms with Crippen LogP contribution in [0.25, 0.3) is 0 Å². The van der Waals surface area contributed by atoms with Gasteiger partial charge in [0.1, 0.15) is 13.7 Å². The molecule has 7 nitrogen and oxygen atoms in total. The number of ether oxygens (including phenoxy) is 5. The summed E-state index contributed by atoms with van der Waals surface area (Å²) >= 11 is 0. The Balaban J connectivity index is 1.88. The molecule has 4 aliphatic rings. The largest absolute Gasteiger partial charge is 0.509 e. The van der Waals surface area contributed by atoms with Crippen molar-refractivity contribution in [1.29, 1.82) is 0 Å². The molecule has 0 spiro atoms. The molecule has 0 aromatic rings. The van der Waals surface area contributed by atoms with E-state index in [0.717, 1.165) is 37.0 Å². The highest BCUT2D eigenvalue weighted by molar-refractivity contribution is 6.83. The first-order chi connectivity index (χ1) is 17.7. The molecule has 0 aromatic heterocycles. The van der Waals surface area contributed by atoms with Crippen LogP contribution >= 0.6 is 0 Å². The molecule has 0 N–H and O–H groups in total. The Kier molecular flexibility index (Phi) is 7.27. The molecule has 0 aliphatic heterocycles. The lowest BCUT2D eigenvalue weighted by Crippen LogP contribution is -2.66. The van der Waals surface area contributed by atoms with Gasteiger partial charge in [0.25, 0.3) is 0 Å².